The Morgan fingerprint density at radius 3 is 2.63 bits per heavy atom. The Hall–Kier alpha value is -1.80. The molecule has 0 heterocycles. The Kier molecular flexibility index (Phi) is 3.51. The molecule has 1 saturated carbocycles. The fourth-order valence-corrected chi connectivity index (χ4v) is 2.10. The summed E-state index contributed by atoms with van der Waals surface area (Å²) >= 11 is 0. The molecular weight excluding hydrogens is 234 g/mol. The van der Waals surface area contributed by atoms with Gasteiger partial charge in [-0.25, -0.2) is 0 Å². The minimum Gasteiger partial charge on any atom is -0.457 e. The van der Waals surface area contributed by atoms with Crippen LogP contribution in [0.5, 0.6) is 11.5 Å². The van der Waals surface area contributed by atoms with Crippen LogP contribution in [0.4, 0.5) is 0 Å². The summed E-state index contributed by atoms with van der Waals surface area (Å²) in [5.41, 5.74) is 2.50. The number of para-hydroxylation sites is 1. The Morgan fingerprint density at radius 1 is 1.11 bits per heavy atom. The van der Waals surface area contributed by atoms with Crippen LogP contribution >= 0.6 is 0 Å². The maximum atomic E-state index is 5.98. The van der Waals surface area contributed by atoms with Gasteiger partial charge in [0.25, 0.3) is 0 Å². The van der Waals surface area contributed by atoms with Crippen molar-refractivity contribution in [3.8, 4) is 11.5 Å². The predicted molar refractivity (Wildman–Crippen MR) is 77.6 cm³/mol. The molecule has 2 aromatic carbocycles. The van der Waals surface area contributed by atoms with Gasteiger partial charge in [-0.15, -0.1) is 0 Å². The van der Waals surface area contributed by atoms with Crippen molar-refractivity contribution in [1.29, 1.82) is 0 Å². The molecule has 0 aromatic heterocycles. The summed E-state index contributed by atoms with van der Waals surface area (Å²) in [5, 5.41) is 3.55. The molecule has 19 heavy (non-hydrogen) atoms. The zero-order valence-electron chi connectivity index (χ0n) is 11.2. The van der Waals surface area contributed by atoms with Crippen LogP contribution in [-0.2, 0) is 6.54 Å². The van der Waals surface area contributed by atoms with E-state index in [1.54, 1.807) is 0 Å². The maximum Gasteiger partial charge on any atom is 0.131 e. The van der Waals surface area contributed by atoms with Crippen LogP contribution in [0.25, 0.3) is 0 Å². The van der Waals surface area contributed by atoms with E-state index in [1.807, 2.05) is 30.3 Å². The van der Waals surface area contributed by atoms with E-state index in [9.17, 15) is 0 Å². The van der Waals surface area contributed by atoms with E-state index < -0.39 is 0 Å². The van der Waals surface area contributed by atoms with Gasteiger partial charge in [-0.2, -0.15) is 0 Å². The van der Waals surface area contributed by atoms with Crippen molar-refractivity contribution >= 4 is 0 Å². The molecule has 1 N–H and O–H groups in total. The predicted octanol–water partition coefficient (Wildman–Crippen LogP) is 4.04. The maximum absolute atomic E-state index is 5.98. The molecule has 0 atom stereocenters. The zero-order chi connectivity index (χ0) is 13.1. The van der Waals surface area contributed by atoms with Crippen molar-refractivity contribution in [2.75, 3.05) is 0 Å². The van der Waals surface area contributed by atoms with E-state index in [4.69, 9.17) is 4.74 Å². The van der Waals surface area contributed by atoms with Crippen LogP contribution in [-0.4, -0.2) is 6.04 Å². The van der Waals surface area contributed by atoms with Gasteiger partial charge in [0, 0.05) is 18.2 Å². The standard InChI is InChI=1S/C17H19NO/c1-13-7-10-17(19-16-5-3-2-4-6-16)14(11-13)12-18-15-8-9-15/h2-7,10-11,15,18H,8-9,12H2,1H3. The molecule has 1 fully saturated rings. The molecule has 1 aliphatic rings. The summed E-state index contributed by atoms with van der Waals surface area (Å²) in [4.78, 5) is 0. The average Bonchev–Trinajstić information content (AvgIpc) is 3.24. The van der Waals surface area contributed by atoms with Crippen LogP contribution in [0, 0.1) is 6.92 Å². The van der Waals surface area contributed by atoms with Gasteiger partial charge < -0.3 is 10.1 Å². The van der Waals surface area contributed by atoms with Crippen molar-refractivity contribution in [3.05, 3.63) is 59.7 Å². The lowest BCUT2D eigenvalue weighted by Crippen LogP contribution is -2.15. The van der Waals surface area contributed by atoms with Crippen molar-refractivity contribution < 1.29 is 4.74 Å². The molecule has 0 radical (unpaired) electrons. The number of hydrogen-bond acceptors (Lipinski definition) is 2. The van der Waals surface area contributed by atoms with E-state index >= 15 is 0 Å². The highest BCUT2D eigenvalue weighted by Crippen LogP contribution is 2.27. The van der Waals surface area contributed by atoms with Crippen LogP contribution in [0.2, 0.25) is 0 Å². The lowest BCUT2D eigenvalue weighted by atomic mass is 10.1. The molecule has 2 heteroatoms. The molecule has 0 amide bonds. The van der Waals surface area contributed by atoms with Crippen molar-refractivity contribution in [1.82, 2.24) is 5.32 Å². The second kappa shape index (κ2) is 5.45. The molecule has 2 aromatic rings. The van der Waals surface area contributed by atoms with Gasteiger partial charge >= 0.3 is 0 Å². The summed E-state index contributed by atoms with van der Waals surface area (Å²) < 4.78 is 5.98. The molecule has 98 valence electrons. The van der Waals surface area contributed by atoms with Crippen molar-refractivity contribution in [2.45, 2.75) is 32.4 Å². The van der Waals surface area contributed by atoms with E-state index in [1.165, 1.54) is 24.0 Å². The van der Waals surface area contributed by atoms with Gasteiger partial charge in [0.15, 0.2) is 0 Å². The molecule has 0 saturated heterocycles. The molecule has 2 nitrogen and oxygen atoms in total. The molecule has 3 rings (SSSR count). The first-order valence-corrected chi connectivity index (χ1v) is 6.87. The lowest BCUT2D eigenvalue weighted by molar-refractivity contribution is 0.472. The molecule has 1 aliphatic carbocycles. The van der Waals surface area contributed by atoms with Crippen LogP contribution < -0.4 is 10.1 Å². The summed E-state index contributed by atoms with van der Waals surface area (Å²) in [5.74, 6) is 1.84. The highest BCUT2D eigenvalue weighted by atomic mass is 16.5. The quantitative estimate of drug-likeness (QED) is 0.868. The minimum absolute atomic E-state index is 0.713. The molecular formula is C17H19NO. The number of hydrogen-bond donors (Lipinski definition) is 1. The monoisotopic (exact) mass is 253 g/mol. The second-order valence-electron chi connectivity index (χ2n) is 5.18. The Labute approximate surface area is 114 Å². The number of rotatable bonds is 5. The number of nitrogens with one attached hydrogen (secondary N) is 1. The first-order chi connectivity index (χ1) is 9.31. The van der Waals surface area contributed by atoms with Crippen LogP contribution in [0.15, 0.2) is 48.5 Å². The minimum atomic E-state index is 0.713. The van der Waals surface area contributed by atoms with Crippen molar-refractivity contribution in [3.63, 3.8) is 0 Å². The Morgan fingerprint density at radius 2 is 1.89 bits per heavy atom. The Balaban J connectivity index is 1.78. The molecule has 0 unspecified atom stereocenters. The van der Waals surface area contributed by atoms with E-state index in [2.05, 4.69) is 30.4 Å². The van der Waals surface area contributed by atoms with Gasteiger partial charge in [-0.05, 0) is 38.0 Å². The van der Waals surface area contributed by atoms with E-state index in [-0.39, 0.29) is 0 Å². The third kappa shape index (κ3) is 3.36. The van der Waals surface area contributed by atoms with Gasteiger partial charge in [0.2, 0.25) is 0 Å². The van der Waals surface area contributed by atoms with Crippen LogP contribution in [0.3, 0.4) is 0 Å². The average molecular weight is 253 g/mol. The Bertz CT molecular complexity index is 546. The number of ether oxygens (including phenoxy) is 1. The topological polar surface area (TPSA) is 21.3 Å². The highest BCUT2D eigenvalue weighted by Gasteiger charge is 2.20. The van der Waals surface area contributed by atoms with Gasteiger partial charge in [0.1, 0.15) is 11.5 Å². The zero-order valence-corrected chi connectivity index (χ0v) is 11.2. The highest BCUT2D eigenvalue weighted by molar-refractivity contribution is 5.40. The first kappa shape index (κ1) is 12.2. The summed E-state index contributed by atoms with van der Waals surface area (Å²) in [6.45, 7) is 3.00. The fourth-order valence-electron chi connectivity index (χ4n) is 2.10. The lowest BCUT2D eigenvalue weighted by Gasteiger charge is -2.12. The molecule has 0 spiro atoms. The first-order valence-electron chi connectivity index (χ1n) is 6.87. The van der Waals surface area contributed by atoms with E-state index in [0.717, 1.165) is 18.0 Å². The fraction of sp³-hybridized carbons (Fsp3) is 0.294. The summed E-state index contributed by atoms with van der Waals surface area (Å²) in [6, 6.07) is 17.0. The SMILES string of the molecule is Cc1ccc(Oc2ccccc2)c(CNC2CC2)c1. The third-order valence-electron chi connectivity index (χ3n) is 3.35. The molecule has 0 bridgehead atoms. The smallest absolute Gasteiger partial charge is 0.131 e. The van der Waals surface area contributed by atoms with E-state index in [0.29, 0.717) is 6.04 Å². The third-order valence-corrected chi connectivity index (χ3v) is 3.35. The summed E-state index contributed by atoms with van der Waals surface area (Å²) in [7, 11) is 0. The van der Waals surface area contributed by atoms with Gasteiger partial charge in [0.05, 0.1) is 0 Å². The summed E-state index contributed by atoms with van der Waals surface area (Å²) in [6.07, 6.45) is 2.61. The van der Waals surface area contributed by atoms with Gasteiger partial charge in [-0.1, -0.05) is 35.9 Å². The van der Waals surface area contributed by atoms with Crippen molar-refractivity contribution in [2.24, 2.45) is 0 Å². The largest absolute Gasteiger partial charge is 0.457 e. The number of benzene rings is 2. The number of aryl methyl sites for hydroxylation is 1. The second-order valence-corrected chi connectivity index (χ2v) is 5.18. The normalized spacial score (nSPS) is 14.4. The van der Waals surface area contributed by atoms with Crippen LogP contribution in [0.1, 0.15) is 24.0 Å². The molecule has 0 aliphatic heterocycles. The van der Waals surface area contributed by atoms with Gasteiger partial charge in [-0.3, -0.25) is 0 Å².